The van der Waals surface area contributed by atoms with Crippen molar-refractivity contribution < 1.29 is 4.92 Å². The molecule has 0 bridgehead atoms. The molecule has 0 N–H and O–H groups in total. The molecule has 0 aliphatic carbocycles. The molecule has 0 aliphatic rings. The van der Waals surface area contributed by atoms with Crippen molar-refractivity contribution in [3.63, 3.8) is 0 Å². The van der Waals surface area contributed by atoms with Crippen LogP contribution in [0, 0.1) is 28.0 Å². The lowest BCUT2D eigenvalue weighted by atomic mass is 10.8. The monoisotopic (exact) mass is 85.0 g/mol. The molecule has 0 amide bonds. The normalized spacial score (nSPS) is 6.50. The summed E-state index contributed by atoms with van der Waals surface area (Å²) in [6.45, 7) is 0.319. The maximum Gasteiger partial charge on any atom is 0.375 e. The van der Waals surface area contributed by atoms with Gasteiger partial charge in [0.15, 0.2) is 6.07 Å². The summed E-state index contributed by atoms with van der Waals surface area (Å²) in [5, 5.41) is 16.6. The lowest BCUT2D eigenvalue weighted by Gasteiger charge is -1.69. The largest absolute Gasteiger partial charge is 0.375 e. The van der Waals surface area contributed by atoms with Crippen LogP contribution in [-0.4, -0.2) is 4.92 Å². The van der Waals surface area contributed by atoms with Gasteiger partial charge in [-0.1, -0.05) is 0 Å². The second-order valence-corrected chi connectivity index (χ2v) is 0.544. The van der Waals surface area contributed by atoms with E-state index in [4.69, 9.17) is 15.4 Å². The van der Waals surface area contributed by atoms with Crippen molar-refractivity contribution >= 4 is 0 Å². The van der Waals surface area contributed by atoms with E-state index in [9.17, 15) is 0 Å². The molecule has 0 unspecified atom stereocenters. The Bertz CT molecular complexity index is 92.2. The molecule has 0 fully saturated rings. The fourth-order valence-electron chi connectivity index (χ4n) is 0.0471. The van der Waals surface area contributed by atoms with E-state index in [1.165, 1.54) is 6.07 Å². The van der Waals surface area contributed by atoms with Crippen molar-refractivity contribution in [1.82, 2.24) is 0 Å². The molecule has 0 rings (SSSR count). The summed E-state index contributed by atoms with van der Waals surface area (Å²) in [5.41, 5.74) is 0. The third-order valence-electron chi connectivity index (χ3n) is 0.163. The molecule has 0 atom stereocenters. The van der Waals surface area contributed by atoms with E-state index in [-0.39, 0.29) is 0 Å². The fraction of sp³-hybridized carbons (Fsp3) is 0. The van der Waals surface area contributed by atoms with E-state index in [2.05, 4.69) is 0 Å². The molecule has 31 valence electrons. The molecule has 0 heterocycles. The highest BCUT2D eigenvalue weighted by molar-refractivity contribution is 4.79. The van der Waals surface area contributed by atoms with Gasteiger partial charge in [-0.15, -0.1) is 0 Å². The minimum Gasteiger partial charge on any atom is -0.263 e. The average Bonchev–Trinajstić information content (AvgIpc) is 1.35. The van der Waals surface area contributed by atoms with Gasteiger partial charge in [0.05, 0.1) is 0 Å². The molecular weight excluding hydrogens is 84.0 g/mol. The van der Waals surface area contributed by atoms with Gasteiger partial charge in [0, 0.05) is 4.92 Å². The number of nitro groups is 1. The van der Waals surface area contributed by atoms with Crippen LogP contribution in [-0.2, 0) is 0 Å². The molecule has 0 aromatic carbocycles. The second-order valence-electron chi connectivity index (χ2n) is 0.544. The maximum absolute atomic E-state index is 9.13. The predicted octanol–water partition coefficient (Wildman–Crippen LogP) is -0.0515. The number of hydrogen-bond donors (Lipinski definition) is 0. The van der Waals surface area contributed by atoms with E-state index in [0.717, 1.165) is 0 Å². The van der Waals surface area contributed by atoms with Crippen LogP contribution in [0.1, 0.15) is 0 Å². The van der Waals surface area contributed by atoms with Crippen molar-refractivity contribution in [2.45, 2.75) is 0 Å². The molecule has 4 nitrogen and oxygen atoms in total. The first kappa shape index (κ1) is 4.89. The molecule has 1 radical (unpaired) electrons. The average molecular weight is 85.0 g/mol. The van der Waals surface area contributed by atoms with Gasteiger partial charge in [-0.05, 0) is 0 Å². The molecule has 0 aromatic heterocycles. The summed E-state index contributed by atoms with van der Waals surface area (Å²) in [7, 11) is 0. The SMILES string of the molecule is N#C[CH][N+](=O)[O-]. The molecule has 6 heavy (non-hydrogen) atoms. The summed E-state index contributed by atoms with van der Waals surface area (Å²) < 4.78 is 0. The first-order valence-electron chi connectivity index (χ1n) is 1.14. The molecule has 0 saturated heterocycles. The van der Waals surface area contributed by atoms with Gasteiger partial charge in [0.25, 0.3) is 0 Å². The van der Waals surface area contributed by atoms with Crippen LogP contribution in [0.5, 0.6) is 0 Å². The molecule has 4 heteroatoms. The molecule has 0 spiro atoms. The number of hydrogen-bond acceptors (Lipinski definition) is 3. The Morgan fingerprint density at radius 3 is 2.50 bits per heavy atom. The zero-order valence-corrected chi connectivity index (χ0v) is 2.79. The van der Waals surface area contributed by atoms with Crippen molar-refractivity contribution in [1.29, 1.82) is 5.26 Å². The van der Waals surface area contributed by atoms with E-state index in [1.54, 1.807) is 0 Å². The molecule has 0 aromatic rings. The van der Waals surface area contributed by atoms with Crippen molar-refractivity contribution in [3.05, 3.63) is 16.7 Å². The Morgan fingerprint density at radius 2 is 2.50 bits per heavy atom. The summed E-state index contributed by atoms with van der Waals surface area (Å²) >= 11 is 0. The lowest BCUT2D eigenvalue weighted by molar-refractivity contribution is -0.426. The minimum atomic E-state index is -0.806. The van der Waals surface area contributed by atoms with Crippen LogP contribution in [0.3, 0.4) is 0 Å². The summed E-state index contributed by atoms with van der Waals surface area (Å²) in [6.07, 6.45) is 0. The summed E-state index contributed by atoms with van der Waals surface area (Å²) in [5.74, 6) is 0. The molecule has 0 saturated carbocycles. The number of rotatable bonds is 1. The quantitative estimate of drug-likeness (QED) is 0.331. The topological polar surface area (TPSA) is 66.9 Å². The van der Waals surface area contributed by atoms with E-state index in [0.29, 0.717) is 6.54 Å². The Balaban J connectivity index is 3.13. The van der Waals surface area contributed by atoms with Crippen LogP contribution in [0.4, 0.5) is 0 Å². The highest BCUT2D eigenvalue weighted by Gasteiger charge is 1.89. The number of nitriles is 1. The van der Waals surface area contributed by atoms with Crippen LogP contribution in [0.25, 0.3) is 0 Å². The van der Waals surface area contributed by atoms with Crippen LogP contribution >= 0.6 is 0 Å². The minimum absolute atomic E-state index is 0.319. The van der Waals surface area contributed by atoms with E-state index >= 15 is 0 Å². The lowest BCUT2D eigenvalue weighted by Crippen LogP contribution is -1.87. The van der Waals surface area contributed by atoms with Gasteiger partial charge in [0.1, 0.15) is 0 Å². The Kier molecular flexibility index (Phi) is 1.75. The highest BCUT2D eigenvalue weighted by Crippen LogP contribution is 1.68. The predicted molar refractivity (Wildman–Crippen MR) is 16.9 cm³/mol. The standard InChI is InChI=1S/C2HN2O2/c3-1-2-4(5)6/h2H. The van der Waals surface area contributed by atoms with Crippen LogP contribution in [0.2, 0.25) is 0 Å². The van der Waals surface area contributed by atoms with Crippen LogP contribution < -0.4 is 0 Å². The van der Waals surface area contributed by atoms with E-state index in [1.807, 2.05) is 0 Å². The van der Waals surface area contributed by atoms with E-state index < -0.39 is 4.92 Å². The zero-order chi connectivity index (χ0) is 4.99. The Hall–Kier alpha value is -1.11. The Labute approximate surface area is 34.1 Å². The fourth-order valence-corrected chi connectivity index (χ4v) is 0.0471. The van der Waals surface area contributed by atoms with Crippen molar-refractivity contribution in [2.75, 3.05) is 0 Å². The molecule has 0 aliphatic heterocycles. The Morgan fingerprint density at radius 1 is 2.00 bits per heavy atom. The van der Waals surface area contributed by atoms with Gasteiger partial charge in [-0.2, -0.15) is 5.26 Å². The second kappa shape index (κ2) is 2.15. The van der Waals surface area contributed by atoms with Gasteiger partial charge in [-0.25, -0.2) is 0 Å². The maximum atomic E-state index is 9.13. The van der Waals surface area contributed by atoms with Crippen LogP contribution in [0.15, 0.2) is 0 Å². The molecular formula is C2HN2O2. The first-order valence-corrected chi connectivity index (χ1v) is 1.14. The zero-order valence-electron chi connectivity index (χ0n) is 2.79. The van der Waals surface area contributed by atoms with Crippen molar-refractivity contribution in [3.8, 4) is 6.07 Å². The van der Waals surface area contributed by atoms with Gasteiger partial charge in [-0.3, -0.25) is 10.1 Å². The third kappa shape index (κ3) is 2.89. The smallest absolute Gasteiger partial charge is 0.263 e. The van der Waals surface area contributed by atoms with Crippen molar-refractivity contribution in [2.24, 2.45) is 0 Å². The van der Waals surface area contributed by atoms with Gasteiger partial charge < -0.3 is 0 Å². The highest BCUT2D eigenvalue weighted by atomic mass is 16.6. The van der Waals surface area contributed by atoms with Gasteiger partial charge >= 0.3 is 6.54 Å². The first-order chi connectivity index (χ1) is 2.77. The summed E-state index contributed by atoms with van der Waals surface area (Å²) in [4.78, 5) is 8.32. The summed E-state index contributed by atoms with van der Waals surface area (Å²) in [6, 6.07) is 1.24. The third-order valence-corrected chi connectivity index (χ3v) is 0.163. The number of nitrogens with zero attached hydrogens (tertiary/aromatic N) is 2. The van der Waals surface area contributed by atoms with Gasteiger partial charge in [0.2, 0.25) is 0 Å².